The molecule has 0 saturated carbocycles. The van der Waals surface area contributed by atoms with E-state index < -0.39 is 4.92 Å². The Hall–Kier alpha value is -2.87. The fraction of sp³-hybridized carbons (Fsp3) is 0.263. The van der Waals surface area contributed by atoms with Gasteiger partial charge in [-0.05, 0) is 37.0 Å². The molecule has 2 heterocycles. The summed E-state index contributed by atoms with van der Waals surface area (Å²) in [6.45, 7) is 0.397. The number of rotatable bonds is 6. The molecule has 7 nitrogen and oxygen atoms in total. The molecule has 0 bridgehead atoms. The fourth-order valence-electron chi connectivity index (χ4n) is 3.29. The van der Waals surface area contributed by atoms with E-state index in [1.165, 1.54) is 23.9 Å². The smallest absolute Gasteiger partial charge is 0.349 e. The second kappa shape index (κ2) is 7.40. The number of aromatic nitrogens is 2. The average molecular weight is 383 g/mol. The molecule has 8 heteroatoms. The summed E-state index contributed by atoms with van der Waals surface area (Å²) in [5.74, 6) is 1.35. The summed E-state index contributed by atoms with van der Waals surface area (Å²) in [4.78, 5) is 27.2. The summed E-state index contributed by atoms with van der Waals surface area (Å²) in [5.41, 5.74) is 2.94. The molecule has 1 aromatic carbocycles. The maximum atomic E-state index is 12.6. The number of nitrogens with zero attached hydrogens (tertiary/aromatic N) is 3. The minimum Gasteiger partial charge on any atom is -0.467 e. The van der Waals surface area contributed by atoms with Crippen molar-refractivity contribution in [2.75, 3.05) is 0 Å². The van der Waals surface area contributed by atoms with E-state index in [0.717, 1.165) is 46.9 Å². The highest BCUT2D eigenvalue weighted by Crippen LogP contribution is 2.31. The lowest BCUT2D eigenvalue weighted by Crippen LogP contribution is -2.27. The summed E-state index contributed by atoms with van der Waals surface area (Å²) in [6, 6.07) is 10.1. The van der Waals surface area contributed by atoms with Crippen LogP contribution >= 0.6 is 11.8 Å². The number of thioether (sulfide) groups is 1. The second-order valence-corrected chi connectivity index (χ2v) is 7.32. The summed E-state index contributed by atoms with van der Waals surface area (Å²) in [5, 5.41) is 11.5. The van der Waals surface area contributed by atoms with Crippen LogP contribution in [-0.4, -0.2) is 14.5 Å². The molecule has 138 valence electrons. The third-order valence-electron chi connectivity index (χ3n) is 4.62. The van der Waals surface area contributed by atoms with E-state index >= 15 is 0 Å². The van der Waals surface area contributed by atoms with Crippen LogP contribution in [0.1, 0.15) is 29.0 Å². The first-order valence-corrected chi connectivity index (χ1v) is 9.61. The molecule has 0 saturated heterocycles. The van der Waals surface area contributed by atoms with Crippen LogP contribution in [0.4, 0.5) is 5.69 Å². The van der Waals surface area contributed by atoms with Crippen molar-refractivity contribution in [3.8, 4) is 0 Å². The Morgan fingerprint density at radius 3 is 2.74 bits per heavy atom. The summed E-state index contributed by atoms with van der Waals surface area (Å²) >= 11 is 1.51. The van der Waals surface area contributed by atoms with Gasteiger partial charge < -0.3 is 4.42 Å². The maximum absolute atomic E-state index is 12.6. The van der Waals surface area contributed by atoms with Crippen LogP contribution in [0.3, 0.4) is 0 Å². The molecule has 4 rings (SSSR count). The normalized spacial score (nSPS) is 12.9. The van der Waals surface area contributed by atoms with Crippen molar-refractivity contribution >= 4 is 17.4 Å². The van der Waals surface area contributed by atoms with E-state index in [1.54, 1.807) is 23.0 Å². The van der Waals surface area contributed by atoms with Gasteiger partial charge in [0.05, 0.1) is 17.7 Å². The maximum Gasteiger partial charge on any atom is 0.349 e. The van der Waals surface area contributed by atoms with Gasteiger partial charge in [0.15, 0.2) is 0 Å². The highest BCUT2D eigenvalue weighted by molar-refractivity contribution is 7.98. The van der Waals surface area contributed by atoms with Crippen LogP contribution in [0.15, 0.2) is 56.9 Å². The molecule has 0 radical (unpaired) electrons. The summed E-state index contributed by atoms with van der Waals surface area (Å²) < 4.78 is 7.08. The lowest BCUT2D eigenvalue weighted by Gasteiger charge is -2.13. The average Bonchev–Trinajstić information content (AvgIpc) is 3.34. The quantitative estimate of drug-likeness (QED) is 0.280. The van der Waals surface area contributed by atoms with E-state index in [0.29, 0.717) is 12.3 Å². The van der Waals surface area contributed by atoms with Crippen LogP contribution in [-0.2, 0) is 25.1 Å². The van der Waals surface area contributed by atoms with E-state index in [-0.39, 0.29) is 11.4 Å². The van der Waals surface area contributed by atoms with Gasteiger partial charge >= 0.3 is 5.69 Å². The van der Waals surface area contributed by atoms with Gasteiger partial charge in [0.1, 0.15) is 10.8 Å². The first-order chi connectivity index (χ1) is 13.1. The Labute approximate surface area is 159 Å². The van der Waals surface area contributed by atoms with E-state index in [9.17, 15) is 14.9 Å². The number of non-ortho nitro benzene ring substituents is 1. The molecule has 27 heavy (non-hydrogen) atoms. The topological polar surface area (TPSA) is 91.2 Å². The first-order valence-electron chi connectivity index (χ1n) is 8.63. The van der Waals surface area contributed by atoms with Crippen LogP contribution < -0.4 is 5.69 Å². The Balaban J connectivity index is 1.57. The van der Waals surface area contributed by atoms with E-state index in [2.05, 4.69) is 4.98 Å². The third-order valence-corrected chi connectivity index (χ3v) is 5.71. The van der Waals surface area contributed by atoms with Crippen LogP contribution in [0.2, 0.25) is 0 Å². The van der Waals surface area contributed by atoms with Crippen molar-refractivity contribution in [3.05, 3.63) is 85.8 Å². The molecule has 1 aliphatic rings. The van der Waals surface area contributed by atoms with Crippen molar-refractivity contribution < 1.29 is 9.34 Å². The molecule has 0 amide bonds. The monoisotopic (exact) mass is 383 g/mol. The third kappa shape index (κ3) is 3.66. The van der Waals surface area contributed by atoms with Crippen molar-refractivity contribution in [1.29, 1.82) is 0 Å². The van der Waals surface area contributed by atoms with Gasteiger partial charge in [0, 0.05) is 29.1 Å². The number of nitro groups is 1. The first kappa shape index (κ1) is 17.5. The number of fused-ring (bicyclic) bond motifs is 1. The van der Waals surface area contributed by atoms with E-state index in [4.69, 9.17) is 4.42 Å². The molecule has 0 atom stereocenters. The van der Waals surface area contributed by atoms with Crippen LogP contribution in [0.5, 0.6) is 0 Å². The predicted octanol–water partition coefficient (Wildman–Crippen LogP) is 3.57. The van der Waals surface area contributed by atoms with Gasteiger partial charge in [-0.2, -0.15) is 4.98 Å². The molecule has 0 aliphatic heterocycles. The molecule has 3 aromatic rings. The molecule has 1 aliphatic carbocycles. The van der Waals surface area contributed by atoms with Crippen LogP contribution in [0.25, 0.3) is 0 Å². The highest BCUT2D eigenvalue weighted by atomic mass is 32.2. The zero-order chi connectivity index (χ0) is 18.8. The summed E-state index contributed by atoms with van der Waals surface area (Å²) in [6.07, 6.45) is 4.37. The standard InChI is InChI=1S/C19H17N3O4S/c23-19-20-18(27-12-13-6-8-14(9-7-13)22(24)25)16-4-1-5-17(16)21(19)11-15-3-2-10-26-15/h2-3,6-10H,1,4-5,11-12H2. The Bertz CT molecular complexity index is 1030. The molecule has 0 unspecified atom stereocenters. The van der Waals surface area contributed by atoms with Gasteiger partial charge in [-0.25, -0.2) is 4.79 Å². The number of nitro benzene ring substituents is 1. The van der Waals surface area contributed by atoms with Crippen LogP contribution in [0, 0.1) is 10.1 Å². The minimum absolute atomic E-state index is 0.0725. The van der Waals surface area contributed by atoms with Gasteiger partial charge in [-0.3, -0.25) is 14.7 Å². The zero-order valence-corrected chi connectivity index (χ0v) is 15.3. The molecular formula is C19H17N3O4S. The number of benzene rings is 1. The molecule has 0 fully saturated rings. The van der Waals surface area contributed by atoms with Crippen molar-refractivity contribution in [3.63, 3.8) is 0 Å². The molecular weight excluding hydrogens is 366 g/mol. The second-order valence-electron chi connectivity index (χ2n) is 6.36. The number of hydrogen-bond acceptors (Lipinski definition) is 6. The van der Waals surface area contributed by atoms with Gasteiger partial charge in [-0.15, -0.1) is 11.8 Å². The summed E-state index contributed by atoms with van der Waals surface area (Å²) in [7, 11) is 0. The Morgan fingerprint density at radius 1 is 1.22 bits per heavy atom. The van der Waals surface area contributed by atoms with Gasteiger partial charge in [-0.1, -0.05) is 12.1 Å². The number of hydrogen-bond donors (Lipinski definition) is 0. The van der Waals surface area contributed by atoms with Crippen molar-refractivity contribution in [1.82, 2.24) is 9.55 Å². The highest BCUT2D eigenvalue weighted by Gasteiger charge is 2.22. The van der Waals surface area contributed by atoms with Gasteiger partial charge in [0.2, 0.25) is 0 Å². The van der Waals surface area contributed by atoms with Crippen molar-refractivity contribution in [2.24, 2.45) is 0 Å². The van der Waals surface area contributed by atoms with E-state index in [1.807, 2.05) is 12.1 Å². The SMILES string of the molecule is O=c1nc(SCc2ccc([N+](=O)[O-])cc2)c2c(n1Cc1ccco1)CCC2. The van der Waals surface area contributed by atoms with Gasteiger partial charge in [0.25, 0.3) is 5.69 Å². The molecule has 2 aromatic heterocycles. The largest absolute Gasteiger partial charge is 0.467 e. The Morgan fingerprint density at radius 2 is 2.04 bits per heavy atom. The zero-order valence-electron chi connectivity index (χ0n) is 14.5. The predicted molar refractivity (Wildman–Crippen MR) is 101 cm³/mol. The fourth-order valence-corrected chi connectivity index (χ4v) is 4.33. The lowest BCUT2D eigenvalue weighted by molar-refractivity contribution is -0.384. The Kier molecular flexibility index (Phi) is 4.81. The lowest BCUT2D eigenvalue weighted by atomic mass is 10.2. The molecule has 0 spiro atoms. The van der Waals surface area contributed by atoms with Crippen molar-refractivity contribution in [2.45, 2.75) is 36.6 Å². The molecule has 0 N–H and O–H groups in total. The number of furan rings is 1. The minimum atomic E-state index is -0.413.